The molecule has 1 unspecified atom stereocenters. The van der Waals surface area contributed by atoms with Crippen LogP contribution < -0.4 is 5.32 Å². The van der Waals surface area contributed by atoms with Gasteiger partial charge in [-0.15, -0.1) is 10.2 Å². The molecule has 0 saturated heterocycles. The Labute approximate surface area is 189 Å². The number of anilines is 1. The monoisotopic (exact) mass is 460 g/mol. The molecule has 2 amide bonds. The Balaban J connectivity index is 1.63. The number of hydrogen-bond donors (Lipinski definition) is 1. The van der Waals surface area contributed by atoms with Gasteiger partial charge in [-0.3, -0.25) is 9.59 Å². The zero-order valence-corrected chi connectivity index (χ0v) is 18.7. The summed E-state index contributed by atoms with van der Waals surface area (Å²) in [6.45, 7) is 3.97. The number of nitrogens with one attached hydrogen (secondary N) is 1. The first-order valence-corrected chi connectivity index (χ1v) is 11.0. The molecular weight excluding hydrogens is 439 g/mol. The largest absolute Gasteiger partial charge is 0.335 e. The third-order valence-corrected chi connectivity index (χ3v) is 5.97. The van der Waals surface area contributed by atoms with Gasteiger partial charge in [0.25, 0.3) is 5.91 Å². The average Bonchev–Trinajstić information content (AvgIpc) is 3.22. The predicted molar refractivity (Wildman–Crippen MR) is 121 cm³/mol. The Morgan fingerprint density at radius 2 is 1.87 bits per heavy atom. The highest BCUT2D eigenvalue weighted by Gasteiger charge is 2.23. The highest BCUT2D eigenvalue weighted by atomic mass is 35.5. The van der Waals surface area contributed by atoms with Crippen LogP contribution >= 0.6 is 22.9 Å². The first-order chi connectivity index (χ1) is 14.9. The van der Waals surface area contributed by atoms with Crippen LogP contribution in [0.1, 0.15) is 37.0 Å². The summed E-state index contributed by atoms with van der Waals surface area (Å²) in [5.41, 5.74) is 0.848. The molecule has 0 aliphatic rings. The van der Waals surface area contributed by atoms with E-state index in [1.807, 2.05) is 26.0 Å². The molecule has 1 heterocycles. The van der Waals surface area contributed by atoms with Crippen molar-refractivity contribution in [3.05, 3.63) is 64.9 Å². The molecule has 1 atom stereocenters. The molecule has 162 valence electrons. The summed E-state index contributed by atoms with van der Waals surface area (Å²) in [6, 6.07) is 12.9. The van der Waals surface area contributed by atoms with Crippen molar-refractivity contribution in [1.29, 1.82) is 0 Å². The van der Waals surface area contributed by atoms with Crippen LogP contribution in [-0.2, 0) is 4.79 Å². The topological polar surface area (TPSA) is 75.2 Å². The zero-order chi connectivity index (χ0) is 22.4. The van der Waals surface area contributed by atoms with Crippen LogP contribution in [0.2, 0.25) is 5.02 Å². The van der Waals surface area contributed by atoms with E-state index in [2.05, 4.69) is 15.5 Å². The maximum absolute atomic E-state index is 14.1. The van der Waals surface area contributed by atoms with E-state index in [-0.39, 0.29) is 30.5 Å². The number of aromatic nitrogens is 2. The number of hydrogen-bond acceptors (Lipinski definition) is 5. The van der Waals surface area contributed by atoms with Crippen LogP contribution in [0, 0.1) is 5.82 Å². The van der Waals surface area contributed by atoms with Gasteiger partial charge in [0.05, 0.1) is 5.56 Å². The minimum absolute atomic E-state index is 0.0000575. The number of halogens is 2. The van der Waals surface area contributed by atoms with E-state index in [1.54, 1.807) is 18.2 Å². The van der Waals surface area contributed by atoms with E-state index in [0.29, 0.717) is 21.6 Å². The van der Waals surface area contributed by atoms with Crippen molar-refractivity contribution in [3.63, 3.8) is 0 Å². The molecule has 0 fully saturated rings. The second kappa shape index (κ2) is 10.5. The van der Waals surface area contributed by atoms with Crippen LogP contribution in [-0.4, -0.2) is 39.5 Å². The van der Waals surface area contributed by atoms with E-state index in [9.17, 15) is 14.0 Å². The number of benzene rings is 2. The molecule has 1 N–H and O–H groups in total. The van der Waals surface area contributed by atoms with Gasteiger partial charge in [0, 0.05) is 29.6 Å². The molecule has 3 rings (SSSR count). The molecule has 0 saturated carbocycles. The van der Waals surface area contributed by atoms with Crippen molar-refractivity contribution >= 4 is 39.9 Å². The predicted octanol–water partition coefficient (Wildman–Crippen LogP) is 5.27. The second-order valence-corrected chi connectivity index (χ2v) is 8.37. The minimum atomic E-state index is -0.575. The van der Waals surface area contributed by atoms with Gasteiger partial charge in [0.15, 0.2) is 0 Å². The van der Waals surface area contributed by atoms with Gasteiger partial charge in [-0.05, 0) is 37.6 Å². The maximum Gasteiger partial charge on any atom is 0.257 e. The maximum atomic E-state index is 14.1. The normalized spacial score (nSPS) is 11.7. The van der Waals surface area contributed by atoms with Crippen molar-refractivity contribution in [2.75, 3.05) is 11.9 Å². The summed E-state index contributed by atoms with van der Waals surface area (Å²) in [4.78, 5) is 26.8. The van der Waals surface area contributed by atoms with Gasteiger partial charge in [-0.2, -0.15) is 0 Å². The molecule has 0 aliphatic heterocycles. The molecule has 0 bridgehead atoms. The minimum Gasteiger partial charge on any atom is -0.335 e. The van der Waals surface area contributed by atoms with Crippen LogP contribution in [0.3, 0.4) is 0 Å². The van der Waals surface area contributed by atoms with E-state index in [4.69, 9.17) is 11.6 Å². The second-order valence-electron chi connectivity index (χ2n) is 6.95. The number of amides is 2. The Hall–Kier alpha value is -2.84. The van der Waals surface area contributed by atoms with Gasteiger partial charge >= 0.3 is 0 Å². The van der Waals surface area contributed by atoms with Crippen molar-refractivity contribution in [2.45, 2.75) is 32.7 Å². The van der Waals surface area contributed by atoms with Crippen LogP contribution in [0.4, 0.5) is 9.52 Å². The smallest absolute Gasteiger partial charge is 0.257 e. The van der Waals surface area contributed by atoms with Crippen LogP contribution in [0.15, 0.2) is 48.5 Å². The Morgan fingerprint density at radius 3 is 2.55 bits per heavy atom. The number of carbonyl (C=O) groups is 2. The first-order valence-electron chi connectivity index (χ1n) is 9.83. The molecule has 2 aromatic carbocycles. The van der Waals surface area contributed by atoms with E-state index >= 15 is 0 Å². The van der Waals surface area contributed by atoms with Crippen molar-refractivity contribution in [2.24, 2.45) is 0 Å². The van der Waals surface area contributed by atoms with Crippen molar-refractivity contribution < 1.29 is 14.0 Å². The lowest BCUT2D eigenvalue weighted by Crippen LogP contribution is -2.40. The summed E-state index contributed by atoms with van der Waals surface area (Å²) in [7, 11) is 0. The fourth-order valence-corrected chi connectivity index (χ4v) is 3.81. The van der Waals surface area contributed by atoms with Crippen LogP contribution in [0.5, 0.6) is 0 Å². The third kappa shape index (κ3) is 5.86. The number of nitrogens with zero attached hydrogens (tertiary/aromatic N) is 3. The molecule has 9 heteroatoms. The average molecular weight is 461 g/mol. The summed E-state index contributed by atoms with van der Waals surface area (Å²) in [6.07, 6.45) is 0.739. The van der Waals surface area contributed by atoms with Gasteiger partial charge < -0.3 is 10.2 Å². The number of rotatable bonds is 8. The highest BCUT2D eigenvalue weighted by molar-refractivity contribution is 7.18. The van der Waals surface area contributed by atoms with Gasteiger partial charge in [0.2, 0.25) is 11.0 Å². The Kier molecular flexibility index (Phi) is 7.70. The summed E-state index contributed by atoms with van der Waals surface area (Å²) in [5.74, 6) is -1.30. The summed E-state index contributed by atoms with van der Waals surface area (Å²) < 4.78 is 14.1. The van der Waals surface area contributed by atoms with Crippen molar-refractivity contribution in [1.82, 2.24) is 15.1 Å². The molecule has 6 nitrogen and oxygen atoms in total. The fraction of sp³-hybridized carbons (Fsp3) is 0.273. The molecule has 0 aliphatic carbocycles. The molecular formula is C22H22ClFN4O2S. The van der Waals surface area contributed by atoms with E-state index < -0.39 is 11.7 Å². The Bertz CT molecular complexity index is 1060. The summed E-state index contributed by atoms with van der Waals surface area (Å²) >= 11 is 7.14. The number of carbonyl (C=O) groups excluding carboxylic acids is 2. The lowest BCUT2D eigenvalue weighted by molar-refractivity contribution is -0.116. The molecule has 1 aromatic heterocycles. The van der Waals surface area contributed by atoms with Gasteiger partial charge in [0.1, 0.15) is 10.8 Å². The fourth-order valence-electron chi connectivity index (χ4n) is 2.92. The van der Waals surface area contributed by atoms with Gasteiger partial charge in [-0.1, -0.05) is 54.1 Å². The van der Waals surface area contributed by atoms with Crippen molar-refractivity contribution in [3.8, 4) is 10.6 Å². The van der Waals surface area contributed by atoms with E-state index in [1.165, 1.54) is 34.4 Å². The Morgan fingerprint density at radius 1 is 1.16 bits per heavy atom. The molecule has 0 radical (unpaired) electrons. The lowest BCUT2D eigenvalue weighted by Gasteiger charge is -2.28. The quantitative estimate of drug-likeness (QED) is 0.497. The standard InChI is InChI=1S/C22H22ClFN4O2S/c1-3-14(2)28(21(30)17-6-4-5-7-18(17)24)13-12-19(29)25-22-27-26-20(31-22)15-8-10-16(23)11-9-15/h4-11,14H,3,12-13H2,1-2H3,(H,25,27,29). The van der Waals surface area contributed by atoms with Gasteiger partial charge in [-0.25, -0.2) is 4.39 Å². The molecule has 31 heavy (non-hydrogen) atoms. The van der Waals surface area contributed by atoms with Crippen LogP contribution in [0.25, 0.3) is 10.6 Å². The SMILES string of the molecule is CCC(C)N(CCC(=O)Nc1nnc(-c2ccc(Cl)cc2)s1)C(=O)c1ccccc1F. The third-order valence-electron chi connectivity index (χ3n) is 4.83. The molecule has 3 aromatic rings. The molecule has 0 spiro atoms. The first kappa shape index (κ1) is 22.8. The van der Waals surface area contributed by atoms with E-state index in [0.717, 1.165) is 5.56 Å². The lowest BCUT2D eigenvalue weighted by atomic mass is 10.1. The summed E-state index contributed by atoms with van der Waals surface area (Å²) in [5, 5.41) is 12.4. The highest BCUT2D eigenvalue weighted by Crippen LogP contribution is 2.27. The zero-order valence-electron chi connectivity index (χ0n) is 17.1.